The average molecular weight is 271 g/mol. The lowest BCUT2D eigenvalue weighted by molar-refractivity contribution is -0.118. The molecule has 18 heavy (non-hydrogen) atoms. The number of nitrogens with zero attached hydrogens (tertiary/aromatic N) is 2. The molecule has 0 saturated carbocycles. The second kappa shape index (κ2) is 5.87. The molecule has 0 N–H and O–H groups in total. The first-order chi connectivity index (χ1) is 8.30. The van der Waals surface area contributed by atoms with Crippen molar-refractivity contribution in [3.05, 3.63) is 16.4 Å². The highest BCUT2D eigenvalue weighted by Crippen LogP contribution is 2.31. The Morgan fingerprint density at radius 1 is 1.39 bits per heavy atom. The molecule has 0 saturated heterocycles. The fourth-order valence-electron chi connectivity index (χ4n) is 2.38. The van der Waals surface area contributed by atoms with Crippen LogP contribution in [-0.2, 0) is 24.2 Å². The summed E-state index contributed by atoms with van der Waals surface area (Å²) in [6, 6.07) is 0. The summed E-state index contributed by atoms with van der Waals surface area (Å²) in [4.78, 5) is 11.3. The Morgan fingerprint density at radius 3 is 2.44 bits per heavy atom. The second-order valence-corrected chi connectivity index (χ2v) is 5.97. The van der Waals surface area contributed by atoms with Crippen LogP contribution in [0.4, 0.5) is 0 Å². The maximum atomic E-state index is 11.3. The number of rotatable bonds is 6. The van der Waals surface area contributed by atoms with Crippen LogP contribution < -0.4 is 0 Å². The van der Waals surface area contributed by atoms with Crippen molar-refractivity contribution in [1.29, 1.82) is 0 Å². The van der Waals surface area contributed by atoms with Gasteiger partial charge in [0, 0.05) is 13.0 Å². The van der Waals surface area contributed by atoms with E-state index in [1.165, 1.54) is 0 Å². The van der Waals surface area contributed by atoms with Crippen LogP contribution in [0.25, 0.3) is 0 Å². The van der Waals surface area contributed by atoms with Crippen LogP contribution in [0.15, 0.2) is 0 Å². The quantitative estimate of drug-likeness (QED) is 0.791. The van der Waals surface area contributed by atoms with E-state index in [2.05, 4.69) is 32.8 Å². The van der Waals surface area contributed by atoms with Gasteiger partial charge in [0.1, 0.15) is 5.78 Å². The maximum absolute atomic E-state index is 11.3. The van der Waals surface area contributed by atoms with Gasteiger partial charge in [-0.15, -0.1) is 0 Å². The van der Waals surface area contributed by atoms with Crippen molar-refractivity contribution in [2.24, 2.45) is 5.41 Å². The predicted molar refractivity (Wildman–Crippen MR) is 75.1 cm³/mol. The lowest BCUT2D eigenvalue weighted by Gasteiger charge is -2.23. The molecule has 1 rings (SSSR count). The summed E-state index contributed by atoms with van der Waals surface area (Å²) < 4.78 is 1.96. The highest BCUT2D eigenvalue weighted by molar-refractivity contribution is 6.31. The first-order valence-corrected chi connectivity index (χ1v) is 6.92. The summed E-state index contributed by atoms with van der Waals surface area (Å²) in [6.45, 7) is 10.8. The molecular formula is C14H23ClN2O. The van der Waals surface area contributed by atoms with E-state index in [0.29, 0.717) is 6.42 Å². The molecule has 0 aliphatic carbocycles. The SMILES string of the molecule is CCc1nn(CC)c(CC(C)(C)CC(C)=O)c1Cl. The van der Waals surface area contributed by atoms with E-state index in [0.717, 1.165) is 35.8 Å². The Morgan fingerprint density at radius 2 is 2.00 bits per heavy atom. The number of carbonyl (C=O) groups is 1. The van der Waals surface area contributed by atoms with Crippen molar-refractivity contribution in [1.82, 2.24) is 9.78 Å². The van der Waals surface area contributed by atoms with E-state index < -0.39 is 0 Å². The van der Waals surface area contributed by atoms with Gasteiger partial charge < -0.3 is 4.79 Å². The topological polar surface area (TPSA) is 34.9 Å². The Bertz CT molecular complexity index is 435. The van der Waals surface area contributed by atoms with Crippen molar-refractivity contribution in [3.63, 3.8) is 0 Å². The van der Waals surface area contributed by atoms with Gasteiger partial charge in [-0.25, -0.2) is 0 Å². The molecular weight excluding hydrogens is 248 g/mol. The summed E-state index contributed by atoms with van der Waals surface area (Å²) in [5, 5.41) is 5.28. The average Bonchev–Trinajstić information content (AvgIpc) is 2.53. The minimum Gasteiger partial charge on any atom is -0.300 e. The van der Waals surface area contributed by atoms with E-state index in [1.54, 1.807) is 6.92 Å². The van der Waals surface area contributed by atoms with Crippen LogP contribution in [0.2, 0.25) is 5.02 Å². The molecule has 0 bridgehead atoms. The summed E-state index contributed by atoms with van der Waals surface area (Å²) in [5.41, 5.74) is 1.93. The minimum absolute atomic E-state index is 0.0760. The van der Waals surface area contributed by atoms with Gasteiger partial charge in [0.05, 0.1) is 16.4 Å². The van der Waals surface area contributed by atoms with Crippen molar-refractivity contribution >= 4 is 17.4 Å². The first-order valence-electron chi connectivity index (χ1n) is 6.54. The van der Waals surface area contributed by atoms with Gasteiger partial charge in [-0.05, 0) is 32.1 Å². The van der Waals surface area contributed by atoms with Crippen LogP contribution in [0.3, 0.4) is 0 Å². The molecule has 1 aromatic rings. The standard InChI is InChI=1S/C14H23ClN2O/c1-6-11-13(15)12(17(7-2)16-11)9-14(4,5)8-10(3)18/h6-9H2,1-5H3. The molecule has 0 unspecified atom stereocenters. The summed E-state index contributed by atoms with van der Waals surface area (Å²) >= 11 is 6.38. The first kappa shape index (κ1) is 15.2. The van der Waals surface area contributed by atoms with Crippen molar-refractivity contribution in [2.75, 3.05) is 0 Å². The van der Waals surface area contributed by atoms with Crippen molar-refractivity contribution in [3.8, 4) is 0 Å². The van der Waals surface area contributed by atoms with E-state index in [9.17, 15) is 4.79 Å². The Hall–Kier alpha value is -0.830. The number of carbonyl (C=O) groups excluding carboxylic acids is 1. The molecule has 0 radical (unpaired) electrons. The molecule has 0 atom stereocenters. The number of halogens is 1. The monoisotopic (exact) mass is 270 g/mol. The molecule has 102 valence electrons. The molecule has 0 spiro atoms. The Balaban J connectivity index is 3.02. The summed E-state index contributed by atoms with van der Waals surface area (Å²) in [6.07, 6.45) is 2.19. The van der Waals surface area contributed by atoms with Crippen LogP contribution in [0.5, 0.6) is 0 Å². The Labute approximate surface area is 115 Å². The van der Waals surface area contributed by atoms with E-state index in [-0.39, 0.29) is 11.2 Å². The number of hydrogen-bond acceptors (Lipinski definition) is 2. The van der Waals surface area contributed by atoms with Crippen molar-refractivity contribution in [2.45, 2.75) is 60.4 Å². The van der Waals surface area contributed by atoms with Crippen LogP contribution in [0, 0.1) is 5.41 Å². The number of ketones is 1. The van der Waals surface area contributed by atoms with Gasteiger partial charge in [-0.1, -0.05) is 32.4 Å². The molecule has 4 heteroatoms. The van der Waals surface area contributed by atoms with Gasteiger partial charge in [0.15, 0.2) is 0 Å². The zero-order valence-electron chi connectivity index (χ0n) is 12.0. The molecule has 0 aliphatic heterocycles. The van der Waals surface area contributed by atoms with Crippen LogP contribution in [-0.4, -0.2) is 15.6 Å². The molecule has 0 fully saturated rings. The summed E-state index contributed by atoms with van der Waals surface area (Å²) in [7, 11) is 0. The van der Waals surface area contributed by atoms with E-state index >= 15 is 0 Å². The van der Waals surface area contributed by atoms with E-state index in [4.69, 9.17) is 11.6 Å². The number of hydrogen-bond donors (Lipinski definition) is 0. The fraction of sp³-hybridized carbons (Fsp3) is 0.714. The van der Waals surface area contributed by atoms with Crippen LogP contribution >= 0.6 is 11.6 Å². The van der Waals surface area contributed by atoms with Gasteiger partial charge in [-0.2, -0.15) is 5.10 Å². The number of aryl methyl sites for hydroxylation is 2. The van der Waals surface area contributed by atoms with Gasteiger partial charge in [0.25, 0.3) is 0 Å². The van der Waals surface area contributed by atoms with Gasteiger partial charge in [0.2, 0.25) is 0 Å². The summed E-state index contributed by atoms with van der Waals surface area (Å²) in [5.74, 6) is 0.217. The highest BCUT2D eigenvalue weighted by Gasteiger charge is 2.25. The molecule has 1 heterocycles. The second-order valence-electron chi connectivity index (χ2n) is 5.60. The minimum atomic E-state index is -0.0760. The molecule has 3 nitrogen and oxygen atoms in total. The zero-order valence-corrected chi connectivity index (χ0v) is 12.8. The third-order valence-electron chi connectivity index (χ3n) is 3.07. The maximum Gasteiger partial charge on any atom is 0.130 e. The third kappa shape index (κ3) is 3.58. The molecule has 0 amide bonds. The molecule has 1 aromatic heterocycles. The van der Waals surface area contributed by atoms with E-state index in [1.807, 2.05) is 4.68 Å². The van der Waals surface area contributed by atoms with Crippen molar-refractivity contribution < 1.29 is 4.79 Å². The third-order valence-corrected chi connectivity index (χ3v) is 3.50. The smallest absolute Gasteiger partial charge is 0.130 e. The van der Waals surface area contributed by atoms with Crippen LogP contribution in [0.1, 0.15) is 52.4 Å². The molecule has 0 aliphatic rings. The number of aromatic nitrogens is 2. The van der Waals surface area contributed by atoms with Gasteiger partial charge in [-0.3, -0.25) is 4.68 Å². The van der Waals surface area contributed by atoms with Gasteiger partial charge >= 0.3 is 0 Å². The molecule has 0 aromatic carbocycles. The highest BCUT2D eigenvalue weighted by atomic mass is 35.5. The lowest BCUT2D eigenvalue weighted by Crippen LogP contribution is -2.21. The zero-order chi connectivity index (χ0) is 13.9. The largest absolute Gasteiger partial charge is 0.300 e. The lowest BCUT2D eigenvalue weighted by atomic mass is 9.83. The predicted octanol–water partition coefficient (Wildman–Crippen LogP) is 3.67. The fourth-order valence-corrected chi connectivity index (χ4v) is 2.71. The Kier molecular flexibility index (Phi) is 4.97. The number of Topliss-reactive ketones (excluding diaryl/α,β-unsaturated/α-hetero) is 1. The normalized spacial score (nSPS) is 11.9.